The number of methoxy groups -OCH3 is 1. The second kappa shape index (κ2) is 6.20. The van der Waals surface area contributed by atoms with E-state index >= 15 is 0 Å². The van der Waals surface area contributed by atoms with Gasteiger partial charge in [0.15, 0.2) is 5.03 Å². The maximum absolute atomic E-state index is 11.4. The molecule has 0 atom stereocenters. The Morgan fingerprint density at radius 2 is 2.30 bits per heavy atom. The second-order valence-electron chi connectivity index (χ2n) is 3.64. The Labute approximate surface area is 118 Å². The lowest BCUT2D eigenvalue weighted by atomic mass is 10.3. The summed E-state index contributed by atoms with van der Waals surface area (Å²) in [5.41, 5.74) is -0.130. The predicted octanol–water partition coefficient (Wildman–Crippen LogP) is 2.66. The highest BCUT2D eigenvalue weighted by molar-refractivity contribution is 7.98. The minimum absolute atomic E-state index is 0.0278. The summed E-state index contributed by atoms with van der Waals surface area (Å²) >= 11 is 1.12. The van der Waals surface area contributed by atoms with Crippen molar-refractivity contribution < 1.29 is 18.9 Å². The molecule has 0 spiro atoms. The summed E-state index contributed by atoms with van der Waals surface area (Å²) in [4.78, 5) is 25.8. The number of pyridine rings is 1. The molecule has 2 heterocycles. The molecule has 2 aromatic rings. The lowest BCUT2D eigenvalue weighted by molar-refractivity contribution is -0.388. The van der Waals surface area contributed by atoms with E-state index in [-0.39, 0.29) is 16.4 Å². The van der Waals surface area contributed by atoms with Crippen LogP contribution >= 0.6 is 11.8 Å². The predicted molar refractivity (Wildman–Crippen MR) is 70.5 cm³/mol. The van der Waals surface area contributed by atoms with Crippen LogP contribution in [0.4, 0.5) is 5.69 Å². The molecule has 0 aliphatic rings. The number of nitro groups is 1. The maximum atomic E-state index is 11.4. The summed E-state index contributed by atoms with van der Waals surface area (Å²) in [6, 6.07) is 5.98. The van der Waals surface area contributed by atoms with E-state index < -0.39 is 10.9 Å². The van der Waals surface area contributed by atoms with Crippen LogP contribution in [0.25, 0.3) is 0 Å². The Morgan fingerprint density at radius 1 is 1.50 bits per heavy atom. The van der Waals surface area contributed by atoms with Crippen LogP contribution in [0.15, 0.2) is 40.0 Å². The number of nitrogens with zero attached hydrogens (tertiary/aromatic N) is 2. The summed E-state index contributed by atoms with van der Waals surface area (Å²) in [5.74, 6) is 0.403. The molecule has 0 aliphatic heterocycles. The van der Waals surface area contributed by atoms with Gasteiger partial charge in [0.1, 0.15) is 11.5 Å². The van der Waals surface area contributed by atoms with Crippen molar-refractivity contribution in [2.24, 2.45) is 0 Å². The van der Waals surface area contributed by atoms with Crippen molar-refractivity contribution >= 4 is 23.4 Å². The fourth-order valence-corrected chi connectivity index (χ4v) is 2.33. The molecule has 0 bridgehead atoms. The van der Waals surface area contributed by atoms with Gasteiger partial charge in [-0.2, -0.15) is 0 Å². The van der Waals surface area contributed by atoms with Crippen molar-refractivity contribution in [2.45, 2.75) is 10.8 Å². The van der Waals surface area contributed by atoms with E-state index in [9.17, 15) is 14.9 Å². The molecule has 0 aromatic carbocycles. The van der Waals surface area contributed by atoms with Gasteiger partial charge >= 0.3 is 11.7 Å². The summed E-state index contributed by atoms with van der Waals surface area (Å²) < 4.78 is 9.69. The minimum atomic E-state index is -0.639. The first kappa shape index (κ1) is 14.1. The third-order valence-electron chi connectivity index (χ3n) is 2.36. The number of esters is 1. The molecule has 0 radical (unpaired) electrons. The normalized spacial score (nSPS) is 10.2. The van der Waals surface area contributed by atoms with E-state index in [0.29, 0.717) is 11.5 Å². The Hall–Kier alpha value is -2.35. The number of rotatable bonds is 5. The van der Waals surface area contributed by atoms with Crippen LogP contribution in [0.5, 0.6) is 0 Å². The van der Waals surface area contributed by atoms with E-state index in [2.05, 4.69) is 9.72 Å². The molecule has 2 rings (SSSR count). The van der Waals surface area contributed by atoms with Gasteiger partial charge in [-0.3, -0.25) is 10.1 Å². The largest absolute Gasteiger partial charge is 0.468 e. The van der Waals surface area contributed by atoms with E-state index in [1.807, 2.05) is 0 Å². The van der Waals surface area contributed by atoms with Crippen molar-refractivity contribution in [3.8, 4) is 0 Å². The third kappa shape index (κ3) is 3.15. The first-order valence-electron chi connectivity index (χ1n) is 5.50. The molecule has 0 unspecified atom stereocenters. The van der Waals surface area contributed by atoms with Gasteiger partial charge in [0.05, 0.1) is 24.0 Å². The average molecular weight is 294 g/mol. The van der Waals surface area contributed by atoms with Crippen LogP contribution < -0.4 is 0 Å². The van der Waals surface area contributed by atoms with E-state index in [1.54, 1.807) is 12.1 Å². The number of hydrogen-bond donors (Lipinski definition) is 0. The molecule has 0 amide bonds. The van der Waals surface area contributed by atoms with Crippen molar-refractivity contribution in [2.75, 3.05) is 7.11 Å². The standard InChI is InChI=1S/C12H10N2O5S/c1-18-12(15)9-4-5-10(14(16)17)11(13-9)20-7-8-3-2-6-19-8/h2-6H,7H2,1H3. The highest BCUT2D eigenvalue weighted by Crippen LogP contribution is 2.30. The number of hydrogen-bond acceptors (Lipinski definition) is 7. The van der Waals surface area contributed by atoms with Gasteiger partial charge in [-0.1, -0.05) is 11.8 Å². The molecule has 0 N–H and O–H groups in total. The maximum Gasteiger partial charge on any atom is 0.356 e. The molecule has 8 heteroatoms. The van der Waals surface area contributed by atoms with Gasteiger partial charge in [-0.15, -0.1) is 0 Å². The second-order valence-corrected chi connectivity index (χ2v) is 4.60. The highest BCUT2D eigenvalue weighted by atomic mass is 32.2. The topological polar surface area (TPSA) is 95.5 Å². The molecule has 0 saturated heterocycles. The van der Waals surface area contributed by atoms with Gasteiger partial charge < -0.3 is 9.15 Å². The fraction of sp³-hybridized carbons (Fsp3) is 0.167. The van der Waals surface area contributed by atoms with Crippen LogP contribution in [0, 0.1) is 10.1 Å². The zero-order valence-electron chi connectivity index (χ0n) is 10.4. The highest BCUT2D eigenvalue weighted by Gasteiger charge is 2.19. The van der Waals surface area contributed by atoms with Crippen LogP contribution in [-0.4, -0.2) is 23.0 Å². The minimum Gasteiger partial charge on any atom is -0.468 e. The molecular formula is C12H10N2O5S. The summed E-state index contributed by atoms with van der Waals surface area (Å²) in [6.07, 6.45) is 1.52. The number of thioether (sulfide) groups is 1. The van der Waals surface area contributed by atoms with Crippen LogP contribution in [-0.2, 0) is 10.5 Å². The zero-order chi connectivity index (χ0) is 14.5. The van der Waals surface area contributed by atoms with E-state index in [1.165, 1.54) is 25.5 Å². The van der Waals surface area contributed by atoms with Crippen molar-refractivity contribution in [1.82, 2.24) is 4.98 Å². The Balaban J connectivity index is 2.26. The Morgan fingerprint density at radius 3 is 2.90 bits per heavy atom. The Kier molecular flexibility index (Phi) is 4.36. The molecule has 104 valence electrons. The van der Waals surface area contributed by atoms with Gasteiger partial charge in [-0.25, -0.2) is 9.78 Å². The molecule has 0 fully saturated rings. The smallest absolute Gasteiger partial charge is 0.356 e. The summed E-state index contributed by atoms with van der Waals surface area (Å²) in [7, 11) is 1.22. The number of carbonyl (C=O) groups is 1. The molecule has 0 aliphatic carbocycles. The van der Waals surface area contributed by atoms with Crippen molar-refractivity contribution in [3.63, 3.8) is 0 Å². The molecule has 7 nitrogen and oxygen atoms in total. The summed E-state index contributed by atoms with van der Waals surface area (Å²) in [6.45, 7) is 0. The van der Waals surface area contributed by atoms with Crippen molar-refractivity contribution in [1.29, 1.82) is 0 Å². The van der Waals surface area contributed by atoms with Crippen LogP contribution in [0.1, 0.15) is 16.2 Å². The van der Waals surface area contributed by atoms with Gasteiger partial charge in [0.25, 0.3) is 0 Å². The van der Waals surface area contributed by atoms with E-state index in [0.717, 1.165) is 11.8 Å². The van der Waals surface area contributed by atoms with Gasteiger partial charge in [0.2, 0.25) is 0 Å². The zero-order valence-corrected chi connectivity index (χ0v) is 11.3. The lowest BCUT2D eigenvalue weighted by Gasteiger charge is -2.03. The summed E-state index contributed by atoms with van der Waals surface area (Å²) in [5, 5.41) is 11.1. The average Bonchev–Trinajstić information content (AvgIpc) is 2.97. The number of aromatic nitrogens is 1. The van der Waals surface area contributed by atoms with Gasteiger partial charge in [0, 0.05) is 6.07 Å². The number of ether oxygens (including phenoxy) is 1. The number of furan rings is 1. The SMILES string of the molecule is COC(=O)c1ccc([N+](=O)[O-])c(SCc2ccco2)n1. The number of carbonyl (C=O) groups excluding carboxylic acids is 1. The van der Waals surface area contributed by atoms with Gasteiger partial charge in [-0.05, 0) is 18.2 Å². The molecule has 2 aromatic heterocycles. The van der Waals surface area contributed by atoms with Crippen LogP contribution in [0.2, 0.25) is 0 Å². The van der Waals surface area contributed by atoms with Crippen molar-refractivity contribution in [3.05, 3.63) is 52.1 Å². The van der Waals surface area contributed by atoms with Crippen LogP contribution in [0.3, 0.4) is 0 Å². The molecule has 0 saturated carbocycles. The third-order valence-corrected chi connectivity index (χ3v) is 3.37. The Bertz CT molecular complexity index is 627. The molecular weight excluding hydrogens is 284 g/mol. The first-order chi connectivity index (χ1) is 9.61. The molecule has 20 heavy (non-hydrogen) atoms. The monoisotopic (exact) mass is 294 g/mol. The first-order valence-corrected chi connectivity index (χ1v) is 6.49. The quantitative estimate of drug-likeness (QED) is 0.362. The fourth-order valence-electron chi connectivity index (χ4n) is 1.43. The lowest BCUT2D eigenvalue weighted by Crippen LogP contribution is -2.06. The van der Waals surface area contributed by atoms with E-state index in [4.69, 9.17) is 4.42 Å².